The van der Waals surface area contributed by atoms with Gasteiger partial charge in [-0.1, -0.05) is 0 Å². The molecule has 1 aliphatic heterocycles. The second-order valence-electron chi connectivity index (χ2n) is 4.55. The van der Waals surface area contributed by atoms with Crippen LogP contribution in [-0.4, -0.2) is 40.5 Å². The third kappa shape index (κ3) is 2.83. The van der Waals surface area contributed by atoms with Gasteiger partial charge < -0.3 is 19.4 Å². The first kappa shape index (κ1) is 12.1. The number of amides is 1. The molecule has 0 aromatic carbocycles. The number of ether oxygens (including phenoxy) is 2. The summed E-state index contributed by atoms with van der Waals surface area (Å²) in [5, 5.41) is 2.80. The van der Waals surface area contributed by atoms with Crippen LogP contribution in [0.25, 0.3) is 0 Å². The van der Waals surface area contributed by atoms with E-state index in [4.69, 9.17) is 9.47 Å². The summed E-state index contributed by atoms with van der Waals surface area (Å²) in [6, 6.07) is 0. The fraction of sp³-hybridized carbons (Fsp3) is 0.636. The lowest BCUT2D eigenvalue weighted by Gasteiger charge is -2.17. The molecule has 1 aliphatic rings. The summed E-state index contributed by atoms with van der Waals surface area (Å²) in [4.78, 5) is 15.7. The fourth-order valence-electron chi connectivity index (χ4n) is 1.74. The molecule has 0 radical (unpaired) electrons. The van der Waals surface area contributed by atoms with E-state index in [0.29, 0.717) is 18.8 Å². The van der Waals surface area contributed by atoms with Crippen molar-refractivity contribution in [3.63, 3.8) is 0 Å². The average Bonchev–Trinajstić information content (AvgIpc) is 2.81. The van der Waals surface area contributed by atoms with Crippen molar-refractivity contribution in [3.05, 3.63) is 18.2 Å². The fourth-order valence-corrected chi connectivity index (χ4v) is 1.74. The minimum atomic E-state index is -0.554. The summed E-state index contributed by atoms with van der Waals surface area (Å²) in [5.41, 5.74) is 0.531. The van der Waals surface area contributed by atoms with Crippen molar-refractivity contribution >= 4 is 5.91 Å². The topological polar surface area (TPSA) is 65.4 Å². The zero-order valence-corrected chi connectivity index (χ0v) is 10.3. The number of nitrogens with one attached hydrogen (secondary N) is 1. The summed E-state index contributed by atoms with van der Waals surface area (Å²) < 4.78 is 12.7. The standard InChI is InChI=1S/C11H17N3O3/c1-11(2)16-6-8(17-11)4-13-10(15)9-5-12-7-14(9)3/h5,7-8H,4,6H2,1-3H3,(H,13,15). The Morgan fingerprint density at radius 1 is 1.71 bits per heavy atom. The van der Waals surface area contributed by atoms with Crippen LogP contribution in [0.4, 0.5) is 0 Å². The van der Waals surface area contributed by atoms with Crippen LogP contribution in [0.5, 0.6) is 0 Å². The van der Waals surface area contributed by atoms with E-state index in [-0.39, 0.29) is 12.0 Å². The molecule has 2 rings (SSSR count). The van der Waals surface area contributed by atoms with Crippen LogP contribution in [0.1, 0.15) is 24.3 Å². The zero-order valence-electron chi connectivity index (χ0n) is 10.3. The van der Waals surface area contributed by atoms with Gasteiger partial charge in [0.2, 0.25) is 0 Å². The predicted octanol–water partition coefficient (Wildman–Crippen LogP) is 0.301. The second-order valence-corrected chi connectivity index (χ2v) is 4.55. The third-order valence-corrected chi connectivity index (χ3v) is 2.61. The van der Waals surface area contributed by atoms with Gasteiger partial charge in [-0.25, -0.2) is 4.98 Å². The van der Waals surface area contributed by atoms with Crippen LogP contribution in [0, 0.1) is 0 Å². The first-order chi connectivity index (χ1) is 7.98. The van der Waals surface area contributed by atoms with Crippen LogP contribution in [0.2, 0.25) is 0 Å². The lowest BCUT2D eigenvalue weighted by atomic mass is 10.3. The van der Waals surface area contributed by atoms with Crippen LogP contribution in [0.15, 0.2) is 12.5 Å². The molecule has 1 aromatic rings. The molecule has 1 N–H and O–H groups in total. The Labute approximate surface area is 99.9 Å². The predicted molar refractivity (Wildman–Crippen MR) is 60.4 cm³/mol. The summed E-state index contributed by atoms with van der Waals surface area (Å²) in [5.74, 6) is -0.708. The molecular weight excluding hydrogens is 222 g/mol. The van der Waals surface area contributed by atoms with E-state index in [1.807, 2.05) is 13.8 Å². The van der Waals surface area contributed by atoms with E-state index >= 15 is 0 Å². The highest BCUT2D eigenvalue weighted by Gasteiger charge is 2.32. The Morgan fingerprint density at radius 2 is 2.47 bits per heavy atom. The number of nitrogens with zero attached hydrogens (tertiary/aromatic N) is 2. The van der Waals surface area contributed by atoms with Gasteiger partial charge in [0.05, 0.1) is 19.1 Å². The molecular formula is C11H17N3O3. The molecule has 0 saturated carbocycles. The Morgan fingerprint density at radius 3 is 3.00 bits per heavy atom. The summed E-state index contributed by atoms with van der Waals surface area (Å²) in [7, 11) is 1.78. The molecule has 6 heteroatoms. The maximum Gasteiger partial charge on any atom is 0.269 e. The Hall–Kier alpha value is -1.40. The van der Waals surface area contributed by atoms with E-state index < -0.39 is 5.79 Å². The molecule has 6 nitrogen and oxygen atoms in total. The van der Waals surface area contributed by atoms with Crippen molar-refractivity contribution in [2.75, 3.05) is 13.2 Å². The molecule has 2 heterocycles. The lowest BCUT2D eigenvalue weighted by Crippen LogP contribution is -2.35. The summed E-state index contributed by atoms with van der Waals surface area (Å²) >= 11 is 0. The number of imidazole rings is 1. The summed E-state index contributed by atoms with van der Waals surface area (Å²) in [6.07, 6.45) is 3.03. The molecule has 0 spiro atoms. The normalized spacial score (nSPS) is 22.6. The van der Waals surface area contributed by atoms with Gasteiger partial charge in [0.15, 0.2) is 5.79 Å². The highest BCUT2D eigenvalue weighted by atomic mass is 16.7. The SMILES string of the molecule is Cn1cncc1C(=O)NCC1COC(C)(C)O1. The Balaban J connectivity index is 1.84. The Bertz CT molecular complexity index is 414. The van der Waals surface area contributed by atoms with Gasteiger partial charge in [0, 0.05) is 13.6 Å². The van der Waals surface area contributed by atoms with Crippen molar-refractivity contribution in [2.24, 2.45) is 7.05 Å². The largest absolute Gasteiger partial charge is 0.348 e. The molecule has 1 saturated heterocycles. The minimum absolute atomic E-state index is 0.0952. The van der Waals surface area contributed by atoms with Crippen LogP contribution < -0.4 is 5.32 Å². The molecule has 1 unspecified atom stereocenters. The molecule has 94 valence electrons. The van der Waals surface area contributed by atoms with Gasteiger partial charge in [-0.3, -0.25) is 4.79 Å². The molecule has 1 aromatic heterocycles. The number of rotatable bonds is 3. The van der Waals surface area contributed by atoms with E-state index in [1.54, 1.807) is 17.9 Å². The van der Waals surface area contributed by atoms with E-state index in [1.165, 1.54) is 6.20 Å². The maximum absolute atomic E-state index is 11.8. The lowest BCUT2D eigenvalue weighted by molar-refractivity contribution is -0.137. The smallest absolute Gasteiger partial charge is 0.269 e. The van der Waals surface area contributed by atoms with Crippen molar-refractivity contribution in [3.8, 4) is 0 Å². The first-order valence-electron chi connectivity index (χ1n) is 5.54. The van der Waals surface area contributed by atoms with Gasteiger partial charge >= 0.3 is 0 Å². The maximum atomic E-state index is 11.8. The van der Waals surface area contributed by atoms with Crippen LogP contribution in [0.3, 0.4) is 0 Å². The average molecular weight is 239 g/mol. The van der Waals surface area contributed by atoms with Gasteiger partial charge in [0.25, 0.3) is 5.91 Å². The first-order valence-corrected chi connectivity index (χ1v) is 5.54. The molecule has 17 heavy (non-hydrogen) atoms. The summed E-state index contributed by atoms with van der Waals surface area (Å²) in [6.45, 7) is 4.65. The number of carbonyl (C=O) groups excluding carboxylic acids is 1. The second kappa shape index (κ2) is 4.46. The van der Waals surface area contributed by atoms with Gasteiger partial charge in [-0.05, 0) is 13.8 Å². The van der Waals surface area contributed by atoms with Crippen molar-refractivity contribution in [2.45, 2.75) is 25.7 Å². The van der Waals surface area contributed by atoms with E-state index in [0.717, 1.165) is 0 Å². The van der Waals surface area contributed by atoms with Gasteiger partial charge in [-0.15, -0.1) is 0 Å². The quantitative estimate of drug-likeness (QED) is 0.824. The zero-order chi connectivity index (χ0) is 12.5. The van der Waals surface area contributed by atoms with E-state index in [2.05, 4.69) is 10.3 Å². The highest BCUT2D eigenvalue weighted by molar-refractivity contribution is 5.92. The highest BCUT2D eigenvalue weighted by Crippen LogP contribution is 2.21. The van der Waals surface area contributed by atoms with E-state index in [9.17, 15) is 4.79 Å². The monoisotopic (exact) mass is 239 g/mol. The van der Waals surface area contributed by atoms with Crippen LogP contribution in [-0.2, 0) is 16.5 Å². The van der Waals surface area contributed by atoms with Crippen molar-refractivity contribution in [1.29, 1.82) is 0 Å². The molecule has 1 fully saturated rings. The van der Waals surface area contributed by atoms with Crippen molar-refractivity contribution < 1.29 is 14.3 Å². The number of carbonyl (C=O) groups is 1. The molecule has 1 atom stereocenters. The van der Waals surface area contributed by atoms with Gasteiger partial charge in [0.1, 0.15) is 11.8 Å². The molecule has 1 amide bonds. The molecule has 0 bridgehead atoms. The third-order valence-electron chi connectivity index (χ3n) is 2.61. The number of aryl methyl sites for hydroxylation is 1. The number of aromatic nitrogens is 2. The van der Waals surface area contributed by atoms with Crippen molar-refractivity contribution in [1.82, 2.24) is 14.9 Å². The number of hydrogen-bond acceptors (Lipinski definition) is 4. The number of hydrogen-bond donors (Lipinski definition) is 1. The Kier molecular flexibility index (Phi) is 3.17. The minimum Gasteiger partial charge on any atom is -0.348 e. The molecule has 0 aliphatic carbocycles. The van der Waals surface area contributed by atoms with Gasteiger partial charge in [-0.2, -0.15) is 0 Å². The van der Waals surface area contributed by atoms with Crippen LogP contribution >= 0.6 is 0 Å².